The van der Waals surface area contributed by atoms with E-state index in [1.807, 2.05) is 0 Å². The Morgan fingerprint density at radius 3 is 2.19 bits per heavy atom. The van der Waals surface area contributed by atoms with Gasteiger partial charge >= 0.3 is 12.1 Å². The smallest absolute Gasteiger partial charge is 0.416 e. The Labute approximate surface area is 153 Å². The molecule has 2 saturated heterocycles. The van der Waals surface area contributed by atoms with Gasteiger partial charge in [-0.1, -0.05) is 0 Å². The Bertz CT molecular complexity index is 768. The Hall–Kier alpha value is -2.58. The zero-order chi connectivity index (χ0) is 20.0. The van der Waals surface area contributed by atoms with Crippen molar-refractivity contribution in [1.82, 2.24) is 9.80 Å². The first-order valence-electron chi connectivity index (χ1n) is 8.52. The van der Waals surface area contributed by atoms with Crippen LogP contribution >= 0.6 is 0 Å². The summed E-state index contributed by atoms with van der Waals surface area (Å²) in [5, 5.41) is 9.46. The summed E-state index contributed by atoms with van der Waals surface area (Å²) in [6, 6.07) is 4.01. The second-order valence-corrected chi connectivity index (χ2v) is 7.02. The number of piperidine rings is 1. The fourth-order valence-corrected chi connectivity index (χ4v) is 4.07. The largest absolute Gasteiger partial charge is 0.481 e. The maximum atomic E-state index is 12.6. The molecule has 2 aliphatic rings. The standard InChI is InChI=1S/C18H19F3N2O4/c1-22-14(24)10-13(16(26)27)17(22)6-8-23(9-7-17)15(25)11-2-4-12(5-3-11)18(19,20)21/h2-5,13H,6-10H2,1H3,(H,26,27)/t13-/m0/s1. The number of carboxylic acids is 1. The van der Waals surface area contributed by atoms with Gasteiger partial charge in [-0.15, -0.1) is 0 Å². The number of amides is 2. The number of likely N-dealkylation sites (tertiary alicyclic amines) is 2. The molecule has 1 spiro atoms. The molecule has 0 saturated carbocycles. The molecule has 1 aromatic rings. The number of carboxylic acid groups (broad SMARTS) is 1. The first-order valence-corrected chi connectivity index (χ1v) is 8.52. The molecule has 1 aromatic carbocycles. The molecule has 0 aliphatic carbocycles. The minimum Gasteiger partial charge on any atom is -0.481 e. The fraction of sp³-hybridized carbons (Fsp3) is 0.500. The topological polar surface area (TPSA) is 77.9 Å². The van der Waals surface area contributed by atoms with Crippen molar-refractivity contribution in [2.75, 3.05) is 20.1 Å². The lowest BCUT2D eigenvalue weighted by Gasteiger charge is -2.45. The molecule has 1 atom stereocenters. The van der Waals surface area contributed by atoms with E-state index in [4.69, 9.17) is 0 Å². The number of benzene rings is 1. The molecule has 0 unspecified atom stereocenters. The van der Waals surface area contributed by atoms with Crippen molar-refractivity contribution in [3.63, 3.8) is 0 Å². The van der Waals surface area contributed by atoms with Crippen LogP contribution in [0.15, 0.2) is 24.3 Å². The van der Waals surface area contributed by atoms with Crippen molar-refractivity contribution in [1.29, 1.82) is 0 Å². The molecular weight excluding hydrogens is 365 g/mol. The number of rotatable bonds is 2. The zero-order valence-electron chi connectivity index (χ0n) is 14.6. The van der Waals surface area contributed by atoms with E-state index < -0.39 is 35.1 Å². The molecule has 6 nitrogen and oxygen atoms in total. The van der Waals surface area contributed by atoms with Crippen LogP contribution in [0.4, 0.5) is 13.2 Å². The molecule has 2 heterocycles. The quantitative estimate of drug-likeness (QED) is 0.848. The Morgan fingerprint density at radius 1 is 1.15 bits per heavy atom. The number of carbonyl (C=O) groups is 3. The monoisotopic (exact) mass is 384 g/mol. The average Bonchev–Trinajstić information content (AvgIpc) is 2.86. The van der Waals surface area contributed by atoms with Gasteiger partial charge in [-0.05, 0) is 37.1 Å². The first kappa shape index (κ1) is 19.2. The van der Waals surface area contributed by atoms with E-state index in [2.05, 4.69) is 0 Å². The van der Waals surface area contributed by atoms with Crippen LogP contribution < -0.4 is 0 Å². The van der Waals surface area contributed by atoms with E-state index in [0.717, 1.165) is 24.3 Å². The van der Waals surface area contributed by atoms with E-state index in [1.54, 1.807) is 7.05 Å². The summed E-state index contributed by atoms with van der Waals surface area (Å²) >= 11 is 0. The van der Waals surface area contributed by atoms with Crippen molar-refractivity contribution < 1.29 is 32.7 Å². The second kappa shape index (κ2) is 6.54. The third-order valence-corrected chi connectivity index (χ3v) is 5.74. The highest BCUT2D eigenvalue weighted by atomic mass is 19.4. The van der Waals surface area contributed by atoms with Gasteiger partial charge in [0.25, 0.3) is 5.91 Å². The number of nitrogens with zero attached hydrogens (tertiary/aromatic N) is 2. The third kappa shape index (κ3) is 3.26. The van der Waals surface area contributed by atoms with E-state index in [0.29, 0.717) is 12.8 Å². The summed E-state index contributed by atoms with van der Waals surface area (Å²) < 4.78 is 37.9. The number of alkyl halides is 3. The average molecular weight is 384 g/mol. The summed E-state index contributed by atoms with van der Waals surface area (Å²) in [6.45, 7) is 0.475. The van der Waals surface area contributed by atoms with Crippen molar-refractivity contribution in [3.8, 4) is 0 Å². The van der Waals surface area contributed by atoms with Crippen molar-refractivity contribution >= 4 is 17.8 Å². The summed E-state index contributed by atoms with van der Waals surface area (Å²) in [4.78, 5) is 39.1. The zero-order valence-corrected chi connectivity index (χ0v) is 14.6. The molecule has 9 heteroatoms. The fourth-order valence-electron chi connectivity index (χ4n) is 4.07. The van der Waals surface area contributed by atoms with Crippen LogP contribution in [-0.2, 0) is 15.8 Å². The van der Waals surface area contributed by atoms with Gasteiger partial charge in [-0.2, -0.15) is 13.2 Å². The predicted octanol–water partition coefficient (Wildman–Crippen LogP) is 2.24. The van der Waals surface area contributed by atoms with E-state index >= 15 is 0 Å². The molecular formula is C18H19F3N2O4. The van der Waals surface area contributed by atoms with Crippen molar-refractivity contribution in [3.05, 3.63) is 35.4 Å². The van der Waals surface area contributed by atoms with Crippen LogP contribution in [0.3, 0.4) is 0 Å². The molecule has 0 radical (unpaired) electrons. The Morgan fingerprint density at radius 2 is 1.70 bits per heavy atom. The van der Waals surface area contributed by atoms with Crippen LogP contribution in [-0.4, -0.2) is 58.4 Å². The Balaban J connectivity index is 1.72. The Kier molecular flexibility index (Phi) is 4.65. The van der Waals surface area contributed by atoms with Gasteiger partial charge in [0.15, 0.2) is 0 Å². The molecule has 1 N–H and O–H groups in total. The molecule has 2 aliphatic heterocycles. The van der Waals surface area contributed by atoms with E-state index in [9.17, 15) is 32.7 Å². The highest BCUT2D eigenvalue weighted by molar-refractivity contribution is 5.94. The highest BCUT2D eigenvalue weighted by Crippen LogP contribution is 2.43. The maximum absolute atomic E-state index is 12.6. The third-order valence-electron chi connectivity index (χ3n) is 5.74. The predicted molar refractivity (Wildman–Crippen MR) is 87.8 cm³/mol. The minimum atomic E-state index is -4.47. The summed E-state index contributed by atoms with van der Waals surface area (Å²) in [7, 11) is 1.58. The van der Waals surface area contributed by atoms with Gasteiger partial charge in [0.2, 0.25) is 5.91 Å². The number of aliphatic carboxylic acids is 1. The van der Waals surface area contributed by atoms with Gasteiger partial charge in [-0.25, -0.2) is 0 Å². The van der Waals surface area contributed by atoms with Crippen molar-refractivity contribution in [2.45, 2.75) is 31.0 Å². The summed E-state index contributed by atoms with van der Waals surface area (Å²) in [5.41, 5.74) is -1.50. The molecule has 2 amide bonds. The number of hydrogen-bond donors (Lipinski definition) is 1. The van der Waals surface area contributed by atoms with Gasteiger partial charge in [0, 0.05) is 32.1 Å². The summed E-state index contributed by atoms with van der Waals surface area (Å²) in [6.07, 6.45) is -3.89. The molecule has 27 heavy (non-hydrogen) atoms. The lowest BCUT2D eigenvalue weighted by atomic mass is 9.77. The molecule has 0 aromatic heterocycles. The van der Waals surface area contributed by atoms with Crippen LogP contribution in [0.1, 0.15) is 35.2 Å². The second-order valence-electron chi connectivity index (χ2n) is 7.02. The van der Waals surface area contributed by atoms with Crippen LogP contribution in [0.2, 0.25) is 0 Å². The van der Waals surface area contributed by atoms with Gasteiger partial charge < -0.3 is 14.9 Å². The summed E-state index contributed by atoms with van der Waals surface area (Å²) in [5.74, 6) is -2.49. The minimum absolute atomic E-state index is 0.0569. The van der Waals surface area contributed by atoms with Crippen LogP contribution in [0.25, 0.3) is 0 Å². The lowest BCUT2D eigenvalue weighted by Crippen LogP contribution is -2.56. The number of halogens is 3. The maximum Gasteiger partial charge on any atom is 0.416 e. The van der Waals surface area contributed by atoms with E-state index in [-0.39, 0.29) is 31.0 Å². The van der Waals surface area contributed by atoms with Gasteiger partial charge in [0.05, 0.1) is 17.0 Å². The van der Waals surface area contributed by atoms with Crippen LogP contribution in [0.5, 0.6) is 0 Å². The van der Waals surface area contributed by atoms with Gasteiger partial charge in [-0.3, -0.25) is 14.4 Å². The number of hydrogen-bond acceptors (Lipinski definition) is 3. The van der Waals surface area contributed by atoms with Gasteiger partial charge in [0.1, 0.15) is 0 Å². The molecule has 146 valence electrons. The van der Waals surface area contributed by atoms with E-state index in [1.165, 1.54) is 9.80 Å². The SMILES string of the molecule is CN1C(=O)C[C@@H](C(=O)O)C12CCN(C(=O)c1ccc(C(F)(F)F)cc1)CC2. The number of carbonyl (C=O) groups excluding carboxylic acids is 2. The molecule has 3 rings (SSSR count). The molecule has 0 bridgehead atoms. The van der Waals surface area contributed by atoms with Crippen molar-refractivity contribution in [2.24, 2.45) is 5.92 Å². The lowest BCUT2D eigenvalue weighted by molar-refractivity contribution is -0.146. The molecule has 2 fully saturated rings. The normalized spacial score (nSPS) is 22.4. The van der Waals surface area contributed by atoms with Crippen LogP contribution in [0, 0.1) is 5.92 Å². The highest BCUT2D eigenvalue weighted by Gasteiger charge is 2.55. The first-order chi connectivity index (χ1) is 12.6.